The van der Waals surface area contributed by atoms with E-state index in [0.29, 0.717) is 24.4 Å². The minimum absolute atomic E-state index is 0.0317. The van der Waals surface area contributed by atoms with Crippen molar-refractivity contribution in [2.24, 2.45) is 5.92 Å². The fourth-order valence-electron chi connectivity index (χ4n) is 2.33. The third-order valence-electron chi connectivity index (χ3n) is 4.19. The summed E-state index contributed by atoms with van der Waals surface area (Å²) in [6.07, 6.45) is 2.96. The summed E-state index contributed by atoms with van der Waals surface area (Å²) in [5, 5.41) is 21.7. The number of rotatable bonds is 10. The number of aliphatic hydroxyl groups is 2. The summed E-state index contributed by atoms with van der Waals surface area (Å²) in [4.78, 5) is 12.0. The van der Waals surface area contributed by atoms with Gasteiger partial charge in [-0.1, -0.05) is 0 Å². The van der Waals surface area contributed by atoms with Gasteiger partial charge in [0.25, 0.3) is 5.91 Å². The zero-order chi connectivity index (χ0) is 18.5. The number of carbonyl (C=O) groups excluding carboxylic acids is 1. The summed E-state index contributed by atoms with van der Waals surface area (Å²) in [6, 6.07) is 5.69. The average Bonchev–Trinajstić information content (AvgIpc) is 3.41. The molecular weight excluding hydrogens is 344 g/mol. The monoisotopic (exact) mass is 370 g/mol. The highest BCUT2D eigenvalue weighted by Crippen LogP contribution is 2.27. The average molecular weight is 370 g/mol. The van der Waals surface area contributed by atoms with E-state index in [4.69, 9.17) is 5.11 Å². The van der Waals surface area contributed by atoms with Gasteiger partial charge >= 0.3 is 0 Å². The Morgan fingerprint density at radius 2 is 1.92 bits per heavy atom. The van der Waals surface area contributed by atoms with Crippen LogP contribution in [0.3, 0.4) is 0 Å². The third-order valence-corrected chi connectivity index (χ3v) is 5.61. The molecule has 1 aliphatic rings. The van der Waals surface area contributed by atoms with Crippen molar-refractivity contribution in [3.63, 3.8) is 0 Å². The Morgan fingerprint density at radius 3 is 2.48 bits per heavy atom. The van der Waals surface area contributed by atoms with Gasteiger partial charge in [0.2, 0.25) is 10.0 Å². The fourth-order valence-corrected chi connectivity index (χ4v) is 3.49. The van der Waals surface area contributed by atoms with Gasteiger partial charge in [0.15, 0.2) is 0 Å². The second-order valence-corrected chi connectivity index (χ2v) is 8.59. The number of amides is 1. The first-order valence-corrected chi connectivity index (χ1v) is 9.93. The summed E-state index contributed by atoms with van der Waals surface area (Å²) in [5.41, 5.74) is -0.826. The zero-order valence-corrected chi connectivity index (χ0v) is 15.2. The number of nitrogens with one attached hydrogen (secondary N) is 2. The van der Waals surface area contributed by atoms with Gasteiger partial charge in [-0.25, -0.2) is 13.1 Å². The van der Waals surface area contributed by atoms with Crippen molar-refractivity contribution in [1.82, 2.24) is 10.0 Å². The first-order valence-electron chi connectivity index (χ1n) is 8.45. The lowest BCUT2D eigenvalue weighted by atomic mass is 10.0. The number of hydrogen-bond acceptors (Lipinski definition) is 5. The van der Waals surface area contributed by atoms with Crippen molar-refractivity contribution < 1.29 is 23.4 Å². The molecule has 7 nitrogen and oxygen atoms in total. The Bertz CT molecular complexity index is 681. The van der Waals surface area contributed by atoms with Crippen molar-refractivity contribution in [1.29, 1.82) is 0 Å². The largest absolute Gasteiger partial charge is 0.396 e. The van der Waals surface area contributed by atoms with Crippen molar-refractivity contribution in [2.75, 3.05) is 19.7 Å². The second-order valence-electron chi connectivity index (χ2n) is 6.83. The minimum atomic E-state index is -3.78. The van der Waals surface area contributed by atoms with Crippen LogP contribution in [-0.2, 0) is 10.0 Å². The number of aliphatic hydroxyl groups excluding tert-OH is 1. The molecule has 25 heavy (non-hydrogen) atoms. The van der Waals surface area contributed by atoms with Crippen molar-refractivity contribution in [3.05, 3.63) is 29.8 Å². The van der Waals surface area contributed by atoms with Crippen LogP contribution in [-0.4, -0.2) is 49.8 Å². The van der Waals surface area contributed by atoms with Crippen LogP contribution in [0.1, 0.15) is 43.0 Å². The maximum absolute atomic E-state index is 12.3. The van der Waals surface area contributed by atoms with E-state index < -0.39 is 15.6 Å². The van der Waals surface area contributed by atoms with E-state index >= 15 is 0 Å². The lowest BCUT2D eigenvalue weighted by Crippen LogP contribution is -2.40. The summed E-state index contributed by atoms with van der Waals surface area (Å²) < 4.78 is 26.9. The summed E-state index contributed by atoms with van der Waals surface area (Å²) in [7, 11) is -3.78. The summed E-state index contributed by atoms with van der Waals surface area (Å²) in [6.45, 7) is 1.95. The Labute approximate surface area is 148 Å². The van der Waals surface area contributed by atoms with Crippen LogP contribution in [0, 0.1) is 5.92 Å². The Hall–Kier alpha value is -1.48. The van der Waals surface area contributed by atoms with E-state index in [1.54, 1.807) is 0 Å². The van der Waals surface area contributed by atoms with E-state index in [1.807, 2.05) is 0 Å². The highest BCUT2D eigenvalue weighted by Gasteiger charge is 2.24. The molecule has 1 aromatic rings. The molecule has 1 aromatic carbocycles. The van der Waals surface area contributed by atoms with Crippen LogP contribution in [0.4, 0.5) is 0 Å². The lowest BCUT2D eigenvalue weighted by molar-refractivity contribution is 0.0488. The summed E-state index contributed by atoms with van der Waals surface area (Å²) in [5.74, 6) is 0.363. The molecule has 1 unspecified atom stereocenters. The maximum atomic E-state index is 12.3. The van der Waals surface area contributed by atoms with Crippen LogP contribution in [0.2, 0.25) is 0 Å². The van der Waals surface area contributed by atoms with Crippen LogP contribution < -0.4 is 10.0 Å². The van der Waals surface area contributed by atoms with Crippen LogP contribution in [0.15, 0.2) is 29.2 Å². The highest BCUT2D eigenvalue weighted by molar-refractivity contribution is 7.89. The quantitative estimate of drug-likeness (QED) is 0.482. The lowest BCUT2D eigenvalue weighted by Gasteiger charge is -2.23. The number of sulfonamides is 1. The molecule has 8 heteroatoms. The Kier molecular flexibility index (Phi) is 6.56. The standard InChI is InChI=1S/C17H26N2O5S/c1-17(22,9-2-10-20)12-19-25(23,24)15-7-5-14(6-8-15)16(21)18-11-13-3-4-13/h5-8,13,19-20,22H,2-4,9-12H2,1H3,(H,18,21). The topological polar surface area (TPSA) is 116 Å². The summed E-state index contributed by atoms with van der Waals surface area (Å²) >= 11 is 0. The molecule has 0 spiro atoms. The van der Waals surface area contributed by atoms with E-state index in [1.165, 1.54) is 31.2 Å². The van der Waals surface area contributed by atoms with Gasteiger partial charge in [0.05, 0.1) is 10.5 Å². The highest BCUT2D eigenvalue weighted by atomic mass is 32.2. The molecule has 1 aliphatic carbocycles. The van der Waals surface area contributed by atoms with Gasteiger partial charge < -0.3 is 15.5 Å². The zero-order valence-electron chi connectivity index (χ0n) is 14.4. The molecule has 0 aromatic heterocycles. The Morgan fingerprint density at radius 1 is 1.28 bits per heavy atom. The van der Waals surface area contributed by atoms with Crippen molar-refractivity contribution in [3.8, 4) is 0 Å². The first-order chi connectivity index (χ1) is 11.7. The van der Waals surface area contributed by atoms with E-state index in [0.717, 1.165) is 12.8 Å². The molecule has 1 amide bonds. The minimum Gasteiger partial charge on any atom is -0.396 e. The normalized spacial score (nSPS) is 17.1. The molecule has 0 bridgehead atoms. The fraction of sp³-hybridized carbons (Fsp3) is 0.588. The van der Waals surface area contributed by atoms with E-state index in [-0.39, 0.29) is 30.4 Å². The van der Waals surface area contributed by atoms with Gasteiger partial charge in [-0.2, -0.15) is 0 Å². The van der Waals surface area contributed by atoms with Gasteiger partial charge in [-0.15, -0.1) is 0 Å². The van der Waals surface area contributed by atoms with Gasteiger partial charge in [-0.05, 0) is 62.8 Å². The van der Waals surface area contributed by atoms with Crippen LogP contribution in [0.25, 0.3) is 0 Å². The third kappa shape index (κ3) is 6.39. The predicted molar refractivity (Wildman–Crippen MR) is 93.6 cm³/mol. The molecule has 0 radical (unpaired) electrons. The van der Waals surface area contributed by atoms with Gasteiger partial charge in [-0.3, -0.25) is 4.79 Å². The first kappa shape index (κ1) is 19.8. The van der Waals surface area contributed by atoms with Crippen molar-refractivity contribution >= 4 is 15.9 Å². The van der Waals surface area contributed by atoms with E-state index in [2.05, 4.69) is 10.0 Å². The van der Waals surface area contributed by atoms with Crippen LogP contribution >= 0.6 is 0 Å². The molecule has 1 fully saturated rings. The maximum Gasteiger partial charge on any atom is 0.251 e. The molecule has 4 N–H and O–H groups in total. The van der Waals surface area contributed by atoms with Crippen LogP contribution in [0.5, 0.6) is 0 Å². The number of benzene rings is 1. The molecule has 1 atom stereocenters. The molecule has 140 valence electrons. The molecule has 0 aliphatic heterocycles. The molecule has 0 heterocycles. The molecule has 2 rings (SSSR count). The van der Waals surface area contributed by atoms with Gasteiger partial charge in [0.1, 0.15) is 0 Å². The molecule has 0 saturated heterocycles. The SMILES string of the molecule is CC(O)(CCCO)CNS(=O)(=O)c1ccc(C(=O)NCC2CC2)cc1. The van der Waals surface area contributed by atoms with E-state index in [9.17, 15) is 18.3 Å². The Balaban J connectivity index is 1.93. The number of carbonyl (C=O) groups is 1. The number of hydrogen-bond donors (Lipinski definition) is 4. The molecule has 1 saturated carbocycles. The second kappa shape index (κ2) is 8.27. The predicted octanol–water partition coefficient (Wildman–Crippen LogP) is 0.628. The van der Waals surface area contributed by atoms with Gasteiger partial charge in [0, 0.05) is 25.3 Å². The van der Waals surface area contributed by atoms with Crippen molar-refractivity contribution in [2.45, 2.75) is 43.1 Å². The smallest absolute Gasteiger partial charge is 0.251 e. The molecular formula is C17H26N2O5S.